The van der Waals surface area contributed by atoms with Gasteiger partial charge >= 0.3 is 0 Å². The van der Waals surface area contributed by atoms with Gasteiger partial charge in [0.2, 0.25) is 5.91 Å². The van der Waals surface area contributed by atoms with Crippen LogP contribution in [-0.2, 0) is 4.79 Å². The molecule has 0 saturated heterocycles. The predicted octanol–water partition coefficient (Wildman–Crippen LogP) is 5.58. The summed E-state index contributed by atoms with van der Waals surface area (Å²) in [7, 11) is 0. The van der Waals surface area contributed by atoms with Crippen LogP contribution in [0.4, 0.5) is 5.69 Å². The van der Waals surface area contributed by atoms with E-state index in [0.717, 1.165) is 18.5 Å². The van der Waals surface area contributed by atoms with Gasteiger partial charge in [-0.1, -0.05) is 30.7 Å². The number of aryl methyl sites for hydroxylation is 2. The third-order valence-corrected chi connectivity index (χ3v) is 5.56. The molecule has 3 heteroatoms. The predicted molar refractivity (Wildman–Crippen MR) is 97.1 cm³/mol. The van der Waals surface area contributed by atoms with Crippen molar-refractivity contribution in [3.63, 3.8) is 0 Å². The van der Waals surface area contributed by atoms with E-state index in [1.54, 1.807) is 11.8 Å². The molecule has 2 aromatic rings. The Balaban J connectivity index is 1.62. The first-order valence-electron chi connectivity index (χ1n) is 8.28. The molecule has 0 aromatic heterocycles. The molecule has 0 unspecified atom stereocenters. The minimum Gasteiger partial charge on any atom is -0.326 e. The fourth-order valence-electron chi connectivity index (χ4n) is 2.95. The van der Waals surface area contributed by atoms with Gasteiger partial charge in [-0.25, -0.2) is 0 Å². The summed E-state index contributed by atoms with van der Waals surface area (Å²) < 4.78 is 0. The lowest BCUT2D eigenvalue weighted by Gasteiger charge is -2.11. The highest BCUT2D eigenvalue weighted by atomic mass is 32.2. The Morgan fingerprint density at radius 3 is 2.26 bits per heavy atom. The SMILES string of the molecule is Cc1ccc(Sc2ccc(NC(=O)C3CCCC3)cc2)cc1C. The van der Waals surface area contributed by atoms with Gasteiger partial charge in [-0.15, -0.1) is 0 Å². The molecule has 0 spiro atoms. The van der Waals surface area contributed by atoms with Crippen molar-refractivity contribution in [3.8, 4) is 0 Å². The molecule has 0 radical (unpaired) electrons. The van der Waals surface area contributed by atoms with Gasteiger partial charge in [-0.2, -0.15) is 0 Å². The number of carbonyl (C=O) groups excluding carboxylic acids is 1. The molecule has 2 aromatic carbocycles. The van der Waals surface area contributed by atoms with E-state index in [1.165, 1.54) is 33.8 Å². The average molecular weight is 325 g/mol. The first-order valence-corrected chi connectivity index (χ1v) is 9.09. The topological polar surface area (TPSA) is 29.1 Å². The van der Waals surface area contributed by atoms with E-state index < -0.39 is 0 Å². The van der Waals surface area contributed by atoms with Crippen LogP contribution in [0, 0.1) is 19.8 Å². The maximum Gasteiger partial charge on any atom is 0.227 e. The molecule has 23 heavy (non-hydrogen) atoms. The number of nitrogens with one attached hydrogen (secondary N) is 1. The molecule has 3 rings (SSSR count). The van der Waals surface area contributed by atoms with Crippen molar-refractivity contribution >= 4 is 23.4 Å². The molecule has 1 saturated carbocycles. The number of anilines is 1. The zero-order valence-corrected chi connectivity index (χ0v) is 14.6. The maximum absolute atomic E-state index is 12.1. The third-order valence-electron chi connectivity index (χ3n) is 4.56. The van der Waals surface area contributed by atoms with Crippen LogP contribution in [0.5, 0.6) is 0 Å². The van der Waals surface area contributed by atoms with Crippen molar-refractivity contribution in [2.75, 3.05) is 5.32 Å². The second-order valence-corrected chi connectivity index (χ2v) is 7.49. The molecule has 0 aliphatic heterocycles. The molecule has 0 heterocycles. The zero-order chi connectivity index (χ0) is 16.2. The van der Waals surface area contributed by atoms with Gasteiger partial charge in [0, 0.05) is 21.4 Å². The number of benzene rings is 2. The number of amides is 1. The Labute approximate surface area is 142 Å². The van der Waals surface area contributed by atoms with E-state index >= 15 is 0 Å². The molecular formula is C20H23NOS. The van der Waals surface area contributed by atoms with E-state index in [1.807, 2.05) is 12.1 Å². The van der Waals surface area contributed by atoms with Crippen molar-refractivity contribution in [1.29, 1.82) is 0 Å². The third kappa shape index (κ3) is 4.17. The molecule has 1 fully saturated rings. The van der Waals surface area contributed by atoms with Gasteiger partial charge in [0.25, 0.3) is 0 Å². The number of hydrogen-bond acceptors (Lipinski definition) is 2. The molecule has 0 atom stereocenters. The van der Waals surface area contributed by atoms with Crippen LogP contribution in [0.3, 0.4) is 0 Å². The minimum absolute atomic E-state index is 0.178. The first kappa shape index (κ1) is 16.1. The summed E-state index contributed by atoms with van der Waals surface area (Å²) in [5.74, 6) is 0.386. The summed E-state index contributed by atoms with van der Waals surface area (Å²) in [5.41, 5.74) is 3.53. The van der Waals surface area contributed by atoms with Gasteiger partial charge < -0.3 is 5.32 Å². The van der Waals surface area contributed by atoms with Crippen molar-refractivity contribution < 1.29 is 4.79 Å². The molecular weight excluding hydrogens is 302 g/mol. The summed E-state index contributed by atoms with van der Waals surface area (Å²) in [6.45, 7) is 4.27. The molecule has 2 nitrogen and oxygen atoms in total. The summed E-state index contributed by atoms with van der Waals surface area (Å²) in [5, 5.41) is 3.04. The normalized spacial score (nSPS) is 14.9. The summed E-state index contributed by atoms with van der Waals surface area (Å²) >= 11 is 1.75. The van der Waals surface area contributed by atoms with E-state index in [4.69, 9.17) is 0 Å². The monoisotopic (exact) mass is 325 g/mol. The molecule has 0 bridgehead atoms. The maximum atomic E-state index is 12.1. The number of rotatable bonds is 4. The Bertz CT molecular complexity index is 687. The second-order valence-electron chi connectivity index (χ2n) is 6.34. The fourth-order valence-corrected chi connectivity index (χ4v) is 3.87. The number of hydrogen-bond donors (Lipinski definition) is 1. The Kier molecular flexibility index (Phi) is 5.06. The van der Waals surface area contributed by atoms with Crippen LogP contribution in [0.25, 0.3) is 0 Å². The van der Waals surface area contributed by atoms with Gasteiger partial charge in [-0.3, -0.25) is 4.79 Å². The average Bonchev–Trinajstić information content (AvgIpc) is 3.07. The van der Waals surface area contributed by atoms with Gasteiger partial charge in [0.15, 0.2) is 0 Å². The van der Waals surface area contributed by atoms with Crippen molar-refractivity contribution in [1.82, 2.24) is 0 Å². The Morgan fingerprint density at radius 2 is 1.61 bits per heavy atom. The highest BCUT2D eigenvalue weighted by Gasteiger charge is 2.22. The van der Waals surface area contributed by atoms with Crippen LogP contribution in [-0.4, -0.2) is 5.91 Å². The van der Waals surface area contributed by atoms with E-state index in [9.17, 15) is 4.79 Å². The van der Waals surface area contributed by atoms with E-state index in [2.05, 4.69) is 49.5 Å². The highest BCUT2D eigenvalue weighted by molar-refractivity contribution is 7.99. The molecule has 120 valence electrons. The van der Waals surface area contributed by atoms with Crippen molar-refractivity contribution in [2.45, 2.75) is 49.3 Å². The summed E-state index contributed by atoms with van der Waals surface area (Å²) in [6.07, 6.45) is 4.44. The van der Waals surface area contributed by atoms with Crippen molar-refractivity contribution in [2.24, 2.45) is 5.92 Å². The van der Waals surface area contributed by atoms with Gasteiger partial charge in [0.05, 0.1) is 0 Å². The van der Waals surface area contributed by atoms with Gasteiger partial charge in [0.1, 0.15) is 0 Å². The standard InChI is InChI=1S/C20H23NOS/c1-14-7-10-19(13-15(14)2)23-18-11-8-17(9-12-18)21-20(22)16-5-3-4-6-16/h7-13,16H,3-6H2,1-2H3,(H,21,22). The first-order chi connectivity index (χ1) is 11.1. The van der Waals surface area contributed by atoms with Crippen LogP contribution in [0.1, 0.15) is 36.8 Å². The fraction of sp³-hybridized carbons (Fsp3) is 0.350. The van der Waals surface area contributed by atoms with Crippen LogP contribution in [0.2, 0.25) is 0 Å². The summed E-state index contributed by atoms with van der Waals surface area (Å²) in [4.78, 5) is 14.6. The quantitative estimate of drug-likeness (QED) is 0.794. The summed E-state index contributed by atoms with van der Waals surface area (Å²) in [6, 6.07) is 14.7. The number of carbonyl (C=O) groups is 1. The van der Waals surface area contributed by atoms with Crippen LogP contribution in [0.15, 0.2) is 52.3 Å². The molecule has 1 aliphatic rings. The van der Waals surface area contributed by atoms with Crippen LogP contribution >= 0.6 is 11.8 Å². The lowest BCUT2D eigenvalue weighted by atomic mass is 10.1. The second kappa shape index (κ2) is 7.22. The smallest absolute Gasteiger partial charge is 0.227 e. The van der Waals surface area contributed by atoms with E-state index in [0.29, 0.717) is 0 Å². The Hall–Kier alpha value is -1.74. The Morgan fingerprint density at radius 1 is 0.957 bits per heavy atom. The van der Waals surface area contributed by atoms with Crippen molar-refractivity contribution in [3.05, 3.63) is 53.6 Å². The zero-order valence-electron chi connectivity index (χ0n) is 13.8. The van der Waals surface area contributed by atoms with Crippen LogP contribution < -0.4 is 5.32 Å². The lowest BCUT2D eigenvalue weighted by molar-refractivity contribution is -0.119. The minimum atomic E-state index is 0.178. The lowest BCUT2D eigenvalue weighted by Crippen LogP contribution is -2.20. The van der Waals surface area contributed by atoms with Gasteiger partial charge in [-0.05, 0) is 74.2 Å². The molecule has 1 aliphatic carbocycles. The largest absolute Gasteiger partial charge is 0.326 e. The molecule has 1 N–H and O–H groups in total. The molecule has 1 amide bonds. The highest BCUT2D eigenvalue weighted by Crippen LogP contribution is 2.30. The van der Waals surface area contributed by atoms with E-state index in [-0.39, 0.29) is 11.8 Å².